The highest BCUT2D eigenvalue weighted by Crippen LogP contribution is 2.31. The highest BCUT2D eigenvalue weighted by atomic mass is 16.2. The zero-order valence-corrected chi connectivity index (χ0v) is 20.1. The minimum Gasteiger partial charge on any atom is -0.354 e. The zero-order valence-electron chi connectivity index (χ0n) is 20.1. The minimum atomic E-state index is -0.730. The number of fused-ring (bicyclic) bond motifs is 1. The molecular formula is C26H34N6O2. The topological polar surface area (TPSA) is 93.0 Å². The first-order valence-electron chi connectivity index (χ1n) is 12.3. The van der Waals surface area contributed by atoms with Gasteiger partial charge in [0.1, 0.15) is 18.1 Å². The van der Waals surface area contributed by atoms with E-state index in [-0.39, 0.29) is 24.4 Å². The fourth-order valence-corrected chi connectivity index (χ4v) is 4.72. The van der Waals surface area contributed by atoms with E-state index in [0.717, 1.165) is 55.1 Å². The molecule has 0 unspecified atom stereocenters. The van der Waals surface area contributed by atoms with Crippen molar-refractivity contribution < 1.29 is 9.59 Å². The lowest BCUT2D eigenvalue weighted by Crippen LogP contribution is -2.50. The van der Waals surface area contributed by atoms with Crippen LogP contribution in [0.4, 0.5) is 0 Å². The van der Waals surface area contributed by atoms with E-state index in [4.69, 9.17) is 0 Å². The van der Waals surface area contributed by atoms with Gasteiger partial charge < -0.3 is 10.2 Å². The van der Waals surface area contributed by atoms with E-state index in [1.165, 1.54) is 0 Å². The number of nitrogens with zero attached hydrogens (tertiary/aromatic N) is 5. The first-order chi connectivity index (χ1) is 16.5. The van der Waals surface area contributed by atoms with Crippen LogP contribution in [-0.4, -0.2) is 49.3 Å². The van der Waals surface area contributed by atoms with E-state index in [1.807, 2.05) is 36.4 Å². The number of carbonyl (C=O) groups is 2. The monoisotopic (exact) mass is 462 g/mol. The number of aromatic nitrogens is 4. The van der Waals surface area contributed by atoms with Gasteiger partial charge in [-0.2, -0.15) is 0 Å². The molecule has 4 rings (SSSR count). The predicted octanol–water partition coefficient (Wildman–Crippen LogP) is 3.89. The first-order valence-corrected chi connectivity index (χ1v) is 12.3. The van der Waals surface area contributed by atoms with Crippen LogP contribution in [-0.2, 0) is 16.1 Å². The third-order valence-electron chi connectivity index (χ3n) is 6.51. The number of amides is 2. The summed E-state index contributed by atoms with van der Waals surface area (Å²) in [6, 6.07) is 10.6. The molecule has 3 aromatic rings. The lowest BCUT2D eigenvalue weighted by Gasteiger charge is -2.39. The Balaban J connectivity index is 1.66. The van der Waals surface area contributed by atoms with Crippen molar-refractivity contribution in [3.05, 3.63) is 54.4 Å². The van der Waals surface area contributed by atoms with E-state index >= 15 is 0 Å². The summed E-state index contributed by atoms with van der Waals surface area (Å²) in [5.74, 6) is 0.195. The summed E-state index contributed by atoms with van der Waals surface area (Å²) in [5.41, 5.74) is 2.28. The van der Waals surface area contributed by atoms with Gasteiger partial charge in [-0.05, 0) is 43.4 Å². The standard InChI is InChI=1S/C26H34N6O2/c1-19(2)14-16-28-26(34)25(20-9-8-15-27-17-20)32(21-10-4-3-5-11-21)24(33)18-31-23-13-7-6-12-22(23)29-30-31/h6-9,12-13,15,17,19,21,25H,3-5,10-11,14,16,18H2,1-2H3,(H,28,34)/t25-/m1/s1. The summed E-state index contributed by atoms with van der Waals surface area (Å²) in [5, 5.41) is 11.5. The molecule has 0 aliphatic heterocycles. The Hall–Kier alpha value is -3.29. The summed E-state index contributed by atoms with van der Waals surface area (Å²) in [7, 11) is 0. The molecule has 2 aromatic heterocycles. The van der Waals surface area contributed by atoms with E-state index in [1.54, 1.807) is 22.0 Å². The predicted molar refractivity (Wildman–Crippen MR) is 131 cm³/mol. The maximum atomic E-state index is 13.9. The second-order valence-corrected chi connectivity index (χ2v) is 9.49. The molecule has 0 saturated heterocycles. The number of nitrogens with one attached hydrogen (secondary N) is 1. The molecule has 180 valence electrons. The lowest BCUT2D eigenvalue weighted by molar-refractivity contribution is -0.145. The van der Waals surface area contributed by atoms with Gasteiger partial charge in [-0.15, -0.1) is 5.10 Å². The quantitative estimate of drug-likeness (QED) is 0.521. The Bertz CT molecular complexity index is 1090. The van der Waals surface area contributed by atoms with E-state index < -0.39 is 6.04 Å². The van der Waals surface area contributed by atoms with Gasteiger partial charge in [-0.3, -0.25) is 14.6 Å². The Morgan fingerprint density at radius 3 is 2.65 bits per heavy atom. The molecule has 1 fully saturated rings. The average Bonchev–Trinajstić information content (AvgIpc) is 3.26. The molecule has 8 nitrogen and oxygen atoms in total. The summed E-state index contributed by atoms with van der Waals surface area (Å²) in [6.07, 6.45) is 9.30. The van der Waals surface area contributed by atoms with Crippen molar-refractivity contribution in [2.24, 2.45) is 5.92 Å². The third kappa shape index (κ3) is 5.61. The van der Waals surface area contributed by atoms with Gasteiger partial charge in [0.05, 0.1) is 5.52 Å². The van der Waals surface area contributed by atoms with E-state index in [0.29, 0.717) is 12.5 Å². The zero-order chi connectivity index (χ0) is 23.9. The molecule has 0 bridgehead atoms. The SMILES string of the molecule is CC(C)CCNC(=O)[C@@H](c1cccnc1)N(C(=O)Cn1nnc2ccccc21)C1CCCCC1. The smallest absolute Gasteiger partial charge is 0.247 e. The summed E-state index contributed by atoms with van der Waals surface area (Å²) < 4.78 is 1.63. The molecule has 1 atom stereocenters. The Kier molecular flexibility index (Phi) is 7.87. The Morgan fingerprint density at radius 1 is 1.12 bits per heavy atom. The molecule has 1 N–H and O–H groups in total. The minimum absolute atomic E-state index is 0.00269. The van der Waals surface area contributed by atoms with Gasteiger partial charge in [0.25, 0.3) is 0 Å². The number of para-hydroxylation sites is 1. The van der Waals surface area contributed by atoms with Gasteiger partial charge in [0.2, 0.25) is 11.8 Å². The van der Waals surface area contributed by atoms with Crippen LogP contribution in [0.3, 0.4) is 0 Å². The van der Waals surface area contributed by atoms with Crippen LogP contribution >= 0.6 is 0 Å². The van der Waals surface area contributed by atoms with Crippen molar-refractivity contribution >= 4 is 22.8 Å². The molecule has 1 aromatic carbocycles. The molecule has 8 heteroatoms. The normalized spacial score (nSPS) is 15.4. The number of hydrogen-bond acceptors (Lipinski definition) is 5. The average molecular weight is 463 g/mol. The van der Waals surface area contributed by atoms with Crippen molar-refractivity contribution in [1.82, 2.24) is 30.2 Å². The van der Waals surface area contributed by atoms with Gasteiger partial charge in [0.15, 0.2) is 0 Å². The largest absolute Gasteiger partial charge is 0.354 e. The Morgan fingerprint density at radius 2 is 1.91 bits per heavy atom. The van der Waals surface area contributed by atoms with Crippen molar-refractivity contribution in [1.29, 1.82) is 0 Å². The van der Waals surface area contributed by atoms with Crippen LogP contribution in [0.5, 0.6) is 0 Å². The number of rotatable bonds is 9. The van der Waals surface area contributed by atoms with E-state index in [2.05, 4.69) is 34.5 Å². The van der Waals surface area contributed by atoms with Crippen LogP contribution < -0.4 is 5.32 Å². The number of pyridine rings is 1. The highest BCUT2D eigenvalue weighted by molar-refractivity contribution is 5.89. The molecule has 2 heterocycles. The maximum Gasteiger partial charge on any atom is 0.247 e. The van der Waals surface area contributed by atoms with Gasteiger partial charge in [-0.1, -0.05) is 56.5 Å². The lowest BCUT2D eigenvalue weighted by atomic mass is 9.91. The van der Waals surface area contributed by atoms with Gasteiger partial charge in [-0.25, -0.2) is 4.68 Å². The molecule has 1 saturated carbocycles. The highest BCUT2D eigenvalue weighted by Gasteiger charge is 2.37. The molecule has 0 spiro atoms. The Labute approximate surface area is 200 Å². The van der Waals surface area contributed by atoms with Crippen LogP contribution in [0.1, 0.15) is 64.0 Å². The fraction of sp³-hybridized carbons (Fsp3) is 0.500. The number of hydrogen-bond donors (Lipinski definition) is 1. The van der Waals surface area contributed by atoms with Crippen molar-refractivity contribution in [2.75, 3.05) is 6.54 Å². The second-order valence-electron chi connectivity index (χ2n) is 9.49. The van der Waals surface area contributed by atoms with Crippen LogP contribution in [0.25, 0.3) is 11.0 Å². The summed E-state index contributed by atoms with van der Waals surface area (Å²) in [6.45, 7) is 4.87. The molecule has 0 radical (unpaired) electrons. The number of carbonyl (C=O) groups excluding carboxylic acids is 2. The fourth-order valence-electron chi connectivity index (χ4n) is 4.72. The van der Waals surface area contributed by atoms with Crippen LogP contribution in [0.2, 0.25) is 0 Å². The summed E-state index contributed by atoms with van der Waals surface area (Å²) >= 11 is 0. The molecule has 34 heavy (non-hydrogen) atoms. The number of benzene rings is 1. The third-order valence-corrected chi connectivity index (χ3v) is 6.51. The van der Waals surface area contributed by atoms with E-state index in [9.17, 15) is 9.59 Å². The molecule has 1 aliphatic carbocycles. The van der Waals surface area contributed by atoms with Gasteiger partial charge in [0, 0.05) is 30.5 Å². The second kappa shape index (κ2) is 11.2. The molecular weight excluding hydrogens is 428 g/mol. The summed E-state index contributed by atoms with van der Waals surface area (Å²) in [4.78, 5) is 33.5. The first kappa shape index (κ1) is 23.9. The van der Waals surface area contributed by atoms with Crippen LogP contribution in [0.15, 0.2) is 48.8 Å². The van der Waals surface area contributed by atoms with Crippen molar-refractivity contribution in [2.45, 2.75) is 71.0 Å². The van der Waals surface area contributed by atoms with Crippen molar-refractivity contribution in [3.63, 3.8) is 0 Å². The maximum absolute atomic E-state index is 13.9. The van der Waals surface area contributed by atoms with Gasteiger partial charge >= 0.3 is 0 Å². The molecule has 2 amide bonds. The molecule has 1 aliphatic rings. The van der Waals surface area contributed by atoms with Crippen molar-refractivity contribution in [3.8, 4) is 0 Å². The van der Waals surface area contributed by atoms with Crippen LogP contribution in [0, 0.1) is 5.92 Å².